The van der Waals surface area contributed by atoms with Crippen LogP contribution >= 0.6 is 0 Å². The van der Waals surface area contributed by atoms with E-state index in [0.717, 1.165) is 17.0 Å². The Morgan fingerprint density at radius 1 is 0.778 bits per heavy atom. The zero-order valence-corrected chi connectivity index (χ0v) is 14.1. The van der Waals surface area contributed by atoms with Crippen molar-refractivity contribution in [2.24, 2.45) is 0 Å². The van der Waals surface area contributed by atoms with E-state index in [9.17, 15) is 13.2 Å². The lowest BCUT2D eigenvalue weighted by molar-refractivity contribution is -0.138. The summed E-state index contributed by atoms with van der Waals surface area (Å²) < 4.78 is 39.6. The van der Waals surface area contributed by atoms with E-state index in [1.807, 2.05) is 24.3 Å². The van der Waals surface area contributed by atoms with Crippen LogP contribution in [-0.2, 0) is 12.6 Å². The second-order valence-electron chi connectivity index (χ2n) is 6.10. The monoisotopic (exact) mass is 365 g/mol. The van der Waals surface area contributed by atoms with E-state index in [4.69, 9.17) is 0 Å². The van der Waals surface area contributed by atoms with Gasteiger partial charge >= 0.3 is 6.18 Å². The third-order valence-corrected chi connectivity index (χ3v) is 4.22. The summed E-state index contributed by atoms with van der Waals surface area (Å²) in [6.07, 6.45) is -2.60. The predicted molar refractivity (Wildman–Crippen MR) is 97.0 cm³/mol. The second-order valence-corrected chi connectivity index (χ2v) is 6.10. The Kier molecular flexibility index (Phi) is 4.32. The number of para-hydroxylation sites is 1. The zero-order chi connectivity index (χ0) is 18.9. The number of hydrogen-bond donors (Lipinski definition) is 0. The molecule has 6 heteroatoms. The minimum atomic E-state index is -4.39. The summed E-state index contributed by atoms with van der Waals surface area (Å²) in [7, 11) is 0. The molecule has 0 atom stereocenters. The number of benzene rings is 2. The molecule has 4 rings (SSSR count). The average molecular weight is 365 g/mol. The van der Waals surface area contributed by atoms with E-state index in [2.05, 4.69) is 15.0 Å². The molecule has 0 N–H and O–H groups in total. The number of pyridine rings is 1. The average Bonchev–Trinajstić information content (AvgIpc) is 2.67. The summed E-state index contributed by atoms with van der Waals surface area (Å²) in [5.41, 5.74) is 1.40. The smallest absolute Gasteiger partial charge is 0.249 e. The van der Waals surface area contributed by atoms with Gasteiger partial charge in [-0.15, -0.1) is 0 Å². The normalized spacial score (nSPS) is 11.7. The molecule has 0 aliphatic heterocycles. The molecular weight excluding hydrogens is 351 g/mol. The van der Waals surface area contributed by atoms with Gasteiger partial charge in [0.25, 0.3) is 0 Å². The first-order valence-electron chi connectivity index (χ1n) is 8.34. The molecule has 3 nitrogen and oxygen atoms in total. The van der Waals surface area contributed by atoms with Gasteiger partial charge in [-0.05, 0) is 29.8 Å². The molecule has 2 heterocycles. The van der Waals surface area contributed by atoms with Crippen molar-refractivity contribution < 1.29 is 13.2 Å². The molecule has 0 radical (unpaired) electrons. The Bertz CT molecular complexity index is 1110. The maximum absolute atomic E-state index is 13.2. The molecule has 0 saturated heterocycles. The van der Waals surface area contributed by atoms with Gasteiger partial charge in [0, 0.05) is 23.7 Å². The van der Waals surface area contributed by atoms with Crippen LogP contribution in [0.25, 0.3) is 22.4 Å². The summed E-state index contributed by atoms with van der Waals surface area (Å²) in [5, 5.41) is 0.913. The van der Waals surface area contributed by atoms with Crippen LogP contribution in [-0.4, -0.2) is 15.0 Å². The molecule has 0 unspecified atom stereocenters. The lowest BCUT2D eigenvalue weighted by Gasteiger charge is -2.12. The molecule has 4 aromatic rings. The van der Waals surface area contributed by atoms with Crippen molar-refractivity contribution in [1.82, 2.24) is 15.0 Å². The summed E-state index contributed by atoms with van der Waals surface area (Å²) in [6.45, 7) is 0. The van der Waals surface area contributed by atoms with Crippen molar-refractivity contribution in [3.63, 3.8) is 0 Å². The number of halogens is 3. The van der Waals surface area contributed by atoms with Crippen molar-refractivity contribution in [2.75, 3.05) is 0 Å². The first-order chi connectivity index (χ1) is 13.0. The summed E-state index contributed by atoms with van der Waals surface area (Å²) >= 11 is 0. The minimum Gasteiger partial charge on any atom is -0.249 e. The van der Waals surface area contributed by atoms with Crippen LogP contribution < -0.4 is 0 Å². The van der Waals surface area contributed by atoms with E-state index in [-0.39, 0.29) is 12.0 Å². The Balaban J connectivity index is 1.69. The molecule has 0 spiro atoms. The molecule has 0 aliphatic carbocycles. The standard InChI is InChI=1S/C21H14F3N3/c22-21(23,24)17-9-3-1-6-14(17)12-16-8-5-11-19(26-16)20-25-13-15-7-2-4-10-18(15)27-20/h1-11,13H,12H2. The first-order valence-corrected chi connectivity index (χ1v) is 8.34. The highest BCUT2D eigenvalue weighted by molar-refractivity contribution is 5.79. The Morgan fingerprint density at radius 3 is 2.41 bits per heavy atom. The lowest BCUT2D eigenvalue weighted by Crippen LogP contribution is -2.09. The highest BCUT2D eigenvalue weighted by Gasteiger charge is 2.32. The van der Waals surface area contributed by atoms with Crippen LogP contribution in [0.5, 0.6) is 0 Å². The molecule has 0 aliphatic rings. The molecule has 0 fully saturated rings. The van der Waals surface area contributed by atoms with Crippen molar-refractivity contribution in [2.45, 2.75) is 12.6 Å². The van der Waals surface area contributed by atoms with Gasteiger partial charge in [0.05, 0.1) is 11.1 Å². The Hall–Kier alpha value is -3.28. The maximum atomic E-state index is 13.2. The largest absolute Gasteiger partial charge is 0.416 e. The zero-order valence-electron chi connectivity index (χ0n) is 14.1. The Labute approximate surface area is 153 Å². The number of rotatable bonds is 3. The van der Waals surface area contributed by atoms with Gasteiger partial charge in [-0.1, -0.05) is 42.5 Å². The highest BCUT2D eigenvalue weighted by Crippen LogP contribution is 2.32. The number of fused-ring (bicyclic) bond motifs is 1. The topological polar surface area (TPSA) is 38.7 Å². The maximum Gasteiger partial charge on any atom is 0.416 e. The number of nitrogens with zero attached hydrogens (tertiary/aromatic N) is 3. The van der Waals surface area contributed by atoms with Crippen LogP contribution in [0.4, 0.5) is 13.2 Å². The SMILES string of the molecule is FC(F)(F)c1ccccc1Cc1cccc(-c2ncc3ccccc3n2)n1. The minimum absolute atomic E-state index is 0.0805. The molecule has 27 heavy (non-hydrogen) atoms. The molecule has 0 saturated carbocycles. The molecular formula is C21H14F3N3. The van der Waals surface area contributed by atoms with Gasteiger partial charge in [0.1, 0.15) is 5.69 Å². The summed E-state index contributed by atoms with van der Waals surface area (Å²) in [5.74, 6) is 0.444. The number of aromatic nitrogens is 3. The van der Waals surface area contributed by atoms with Crippen LogP contribution in [0.2, 0.25) is 0 Å². The fourth-order valence-electron chi connectivity index (χ4n) is 2.94. The van der Waals surface area contributed by atoms with Crippen molar-refractivity contribution in [3.05, 3.63) is 89.7 Å². The van der Waals surface area contributed by atoms with Crippen LogP contribution in [0.1, 0.15) is 16.8 Å². The van der Waals surface area contributed by atoms with Gasteiger partial charge in [-0.3, -0.25) is 0 Å². The fraction of sp³-hybridized carbons (Fsp3) is 0.0952. The van der Waals surface area contributed by atoms with Crippen molar-refractivity contribution in [3.8, 4) is 11.5 Å². The Morgan fingerprint density at radius 2 is 1.56 bits per heavy atom. The van der Waals surface area contributed by atoms with Crippen LogP contribution in [0.15, 0.2) is 72.9 Å². The van der Waals surface area contributed by atoms with E-state index in [1.165, 1.54) is 12.1 Å². The first kappa shape index (κ1) is 17.1. The van der Waals surface area contributed by atoms with Gasteiger partial charge < -0.3 is 0 Å². The second kappa shape index (κ2) is 6.79. The van der Waals surface area contributed by atoms with E-state index in [0.29, 0.717) is 17.2 Å². The van der Waals surface area contributed by atoms with Gasteiger partial charge in [0.15, 0.2) is 5.82 Å². The van der Waals surface area contributed by atoms with Gasteiger partial charge in [0.2, 0.25) is 0 Å². The third-order valence-electron chi connectivity index (χ3n) is 4.22. The highest BCUT2D eigenvalue weighted by atomic mass is 19.4. The van der Waals surface area contributed by atoms with Gasteiger partial charge in [-0.2, -0.15) is 13.2 Å². The third kappa shape index (κ3) is 3.65. The van der Waals surface area contributed by atoms with Crippen molar-refractivity contribution >= 4 is 10.9 Å². The van der Waals surface area contributed by atoms with E-state index >= 15 is 0 Å². The van der Waals surface area contributed by atoms with Crippen LogP contribution in [0, 0.1) is 0 Å². The predicted octanol–water partition coefficient (Wildman–Crippen LogP) is 5.30. The molecule has 0 amide bonds. The quantitative estimate of drug-likeness (QED) is 0.494. The molecule has 134 valence electrons. The molecule has 0 bridgehead atoms. The molecule has 2 aromatic carbocycles. The molecule has 2 aromatic heterocycles. The van der Waals surface area contributed by atoms with Crippen molar-refractivity contribution in [1.29, 1.82) is 0 Å². The summed E-state index contributed by atoms with van der Waals surface area (Å²) in [6, 6.07) is 18.4. The number of hydrogen-bond acceptors (Lipinski definition) is 3. The van der Waals surface area contributed by atoms with Gasteiger partial charge in [-0.25, -0.2) is 15.0 Å². The van der Waals surface area contributed by atoms with E-state index in [1.54, 1.807) is 30.5 Å². The van der Waals surface area contributed by atoms with Crippen LogP contribution in [0.3, 0.4) is 0 Å². The fourth-order valence-corrected chi connectivity index (χ4v) is 2.94. The summed E-state index contributed by atoms with van der Waals surface area (Å²) in [4.78, 5) is 13.3. The number of alkyl halides is 3. The van der Waals surface area contributed by atoms with E-state index < -0.39 is 11.7 Å². The lowest BCUT2D eigenvalue weighted by atomic mass is 10.0.